The van der Waals surface area contributed by atoms with E-state index in [2.05, 4.69) is 77.6 Å². The molecule has 2 heterocycles. The molecule has 0 unspecified atom stereocenters. The van der Waals surface area contributed by atoms with E-state index in [0.29, 0.717) is 5.92 Å². The van der Waals surface area contributed by atoms with Crippen molar-refractivity contribution in [2.24, 2.45) is 0 Å². The van der Waals surface area contributed by atoms with Crippen molar-refractivity contribution in [3.8, 4) is 0 Å². The number of hydrogen-bond donors (Lipinski definition) is 1. The van der Waals surface area contributed by atoms with Gasteiger partial charge in [0.2, 0.25) is 5.95 Å². The highest BCUT2D eigenvalue weighted by molar-refractivity contribution is 5.68. The van der Waals surface area contributed by atoms with Crippen LogP contribution >= 0.6 is 0 Å². The Morgan fingerprint density at radius 1 is 1.00 bits per heavy atom. The molecule has 1 aromatic heterocycles. The fourth-order valence-electron chi connectivity index (χ4n) is 3.54. The van der Waals surface area contributed by atoms with Gasteiger partial charge in [-0.05, 0) is 42.5 Å². The van der Waals surface area contributed by atoms with Crippen molar-refractivity contribution in [2.45, 2.75) is 33.1 Å². The second-order valence-corrected chi connectivity index (χ2v) is 7.09. The molecule has 0 radical (unpaired) electrons. The summed E-state index contributed by atoms with van der Waals surface area (Å²) in [6, 6.07) is 18.9. The molecule has 4 heteroatoms. The van der Waals surface area contributed by atoms with E-state index >= 15 is 0 Å². The van der Waals surface area contributed by atoms with Gasteiger partial charge in [0.1, 0.15) is 5.82 Å². The van der Waals surface area contributed by atoms with E-state index in [1.165, 1.54) is 16.8 Å². The molecule has 0 saturated heterocycles. The lowest BCUT2D eigenvalue weighted by Crippen LogP contribution is -2.17. The van der Waals surface area contributed by atoms with Crippen LogP contribution in [0, 0.1) is 6.92 Å². The monoisotopic (exact) mass is 344 g/mol. The predicted molar refractivity (Wildman–Crippen MR) is 108 cm³/mol. The SMILES string of the molecule is Cc1cc(Nc2ccccc2C(C)C)nc(N2CCc3ccccc32)n1. The molecule has 4 nitrogen and oxygen atoms in total. The van der Waals surface area contributed by atoms with E-state index in [-0.39, 0.29) is 0 Å². The Morgan fingerprint density at radius 3 is 2.62 bits per heavy atom. The molecular formula is C22H24N4. The molecule has 0 saturated carbocycles. The number of hydrogen-bond acceptors (Lipinski definition) is 4. The van der Waals surface area contributed by atoms with E-state index < -0.39 is 0 Å². The Morgan fingerprint density at radius 2 is 1.77 bits per heavy atom. The standard InChI is InChI=1S/C22H24N4/c1-15(2)18-9-5-6-10-19(18)24-21-14-16(3)23-22(25-21)26-13-12-17-8-4-7-11-20(17)26/h4-11,14-15H,12-13H2,1-3H3,(H,23,24,25). The smallest absolute Gasteiger partial charge is 0.232 e. The van der Waals surface area contributed by atoms with Crippen LogP contribution in [0.4, 0.5) is 23.1 Å². The van der Waals surface area contributed by atoms with Gasteiger partial charge in [0, 0.05) is 29.7 Å². The van der Waals surface area contributed by atoms with Crippen LogP contribution in [0.15, 0.2) is 54.6 Å². The fraction of sp³-hybridized carbons (Fsp3) is 0.273. The highest BCUT2D eigenvalue weighted by Gasteiger charge is 2.22. The van der Waals surface area contributed by atoms with Crippen LogP contribution in [0.5, 0.6) is 0 Å². The molecule has 0 fully saturated rings. The summed E-state index contributed by atoms with van der Waals surface area (Å²) in [5.41, 5.74) is 5.93. The average Bonchev–Trinajstić information content (AvgIpc) is 3.05. The summed E-state index contributed by atoms with van der Waals surface area (Å²) in [6.45, 7) is 7.36. The first-order valence-corrected chi connectivity index (χ1v) is 9.19. The Kier molecular flexibility index (Phi) is 4.33. The average molecular weight is 344 g/mol. The topological polar surface area (TPSA) is 41.1 Å². The highest BCUT2D eigenvalue weighted by Crippen LogP contribution is 2.33. The van der Waals surface area contributed by atoms with Crippen molar-refractivity contribution < 1.29 is 0 Å². The van der Waals surface area contributed by atoms with E-state index in [9.17, 15) is 0 Å². The van der Waals surface area contributed by atoms with Crippen molar-refractivity contribution in [3.63, 3.8) is 0 Å². The lowest BCUT2D eigenvalue weighted by atomic mass is 10.0. The normalized spacial score (nSPS) is 13.2. The first kappa shape index (κ1) is 16.6. The molecule has 1 N–H and O–H groups in total. The van der Waals surface area contributed by atoms with Crippen LogP contribution in [0.3, 0.4) is 0 Å². The lowest BCUT2D eigenvalue weighted by Gasteiger charge is -2.19. The van der Waals surface area contributed by atoms with Gasteiger partial charge in [-0.25, -0.2) is 4.98 Å². The first-order chi connectivity index (χ1) is 12.6. The molecule has 0 atom stereocenters. The first-order valence-electron chi connectivity index (χ1n) is 9.19. The minimum atomic E-state index is 0.451. The van der Waals surface area contributed by atoms with E-state index in [4.69, 9.17) is 4.98 Å². The van der Waals surface area contributed by atoms with Crippen LogP contribution in [-0.2, 0) is 6.42 Å². The minimum absolute atomic E-state index is 0.451. The van der Waals surface area contributed by atoms with Crippen molar-refractivity contribution in [1.29, 1.82) is 0 Å². The van der Waals surface area contributed by atoms with Crippen LogP contribution < -0.4 is 10.2 Å². The molecule has 26 heavy (non-hydrogen) atoms. The maximum atomic E-state index is 4.81. The largest absolute Gasteiger partial charge is 0.340 e. The summed E-state index contributed by atoms with van der Waals surface area (Å²) >= 11 is 0. The number of para-hydroxylation sites is 2. The van der Waals surface area contributed by atoms with E-state index in [1.807, 2.05) is 13.0 Å². The summed E-state index contributed by atoms with van der Waals surface area (Å²) < 4.78 is 0. The predicted octanol–water partition coefficient (Wildman–Crippen LogP) is 5.35. The Bertz CT molecular complexity index is 933. The van der Waals surface area contributed by atoms with Gasteiger partial charge in [0.05, 0.1) is 0 Å². The molecule has 132 valence electrons. The molecule has 0 bridgehead atoms. The number of nitrogens with one attached hydrogen (secondary N) is 1. The van der Waals surface area contributed by atoms with Gasteiger partial charge in [-0.1, -0.05) is 50.2 Å². The Labute approximate surface area is 154 Å². The number of benzene rings is 2. The zero-order valence-electron chi connectivity index (χ0n) is 15.5. The van der Waals surface area contributed by atoms with Crippen molar-refractivity contribution in [2.75, 3.05) is 16.8 Å². The number of fused-ring (bicyclic) bond motifs is 1. The van der Waals surface area contributed by atoms with Gasteiger partial charge in [0.15, 0.2) is 0 Å². The second kappa shape index (κ2) is 6.79. The van der Waals surface area contributed by atoms with E-state index in [1.54, 1.807) is 0 Å². The number of nitrogens with zero attached hydrogens (tertiary/aromatic N) is 3. The number of aryl methyl sites for hydroxylation is 1. The van der Waals surface area contributed by atoms with Gasteiger partial charge >= 0.3 is 0 Å². The summed E-state index contributed by atoms with van der Waals surface area (Å²) in [4.78, 5) is 11.7. The van der Waals surface area contributed by atoms with Gasteiger partial charge in [-0.3, -0.25) is 0 Å². The molecule has 2 aromatic carbocycles. The molecule has 0 aliphatic carbocycles. The number of anilines is 4. The molecule has 1 aliphatic heterocycles. The second-order valence-electron chi connectivity index (χ2n) is 7.09. The van der Waals surface area contributed by atoms with Crippen LogP contribution in [0.2, 0.25) is 0 Å². The summed E-state index contributed by atoms with van der Waals surface area (Å²) in [5, 5.41) is 3.50. The van der Waals surface area contributed by atoms with Gasteiger partial charge in [-0.15, -0.1) is 0 Å². The van der Waals surface area contributed by atoms with E-state index in [0.717, 1.165) is 36.1 Å². The van der Waals surface area contributed by atoms with Crippen molar-refractivity contribution in [3.05, 3.63) is 71.4 Å². The maximum Gasteiger partial charge on any atom is 0.232 e. The Balaban J connectivity index is 1.68. The maximum absolute atomic E-state index is 4.81. The van der Waals surface area contributed by atoms with Crippen LogP contribution in [0.25, 0.3) is 0 Å². The quantitative estimate of drug-likeness (QED) is 0.693. The van der Waals surface area contributed by atoms with Crippen molar-refractivity contribution in [1.82, 2.24) is 9.97 Å². The lowest BCUT2D eigenvalue weighted by molar-refractivity contribution is 0.868. The van der Waals surface area contributed by atoms with Crippen LogP contribution in [-0.4, -0.2) is 16.5 Å². The zero-order valence-corrected chi connectivity index (χ0v) is 15.5. The molecule has 0 spiro atoms. The molecule has 1 aliphatic rings. The molecule has 0 amide bonds. The summed E-state index contributed by atoms with van der Waals surface area (Å²) in [6.07, 6.45) is 1.03. The number of rotatable bonds is 4. The van der Waals surface area contributed by atoms with Gasteiger partial charge in [0.25, 0.3) is 0 Å². The zero-order chi connectivity index (χ0) is 18.1. The third-order valence-corrected chi connectivity index (χ3v) is 4.82. The third kappa shape index (κ3) is 3.15. The van der Waals surface area contributed by atoms with Crippen molar-refractivity contribution >= 4 is 23.1 Å². The Hall–Kier alpha value is -2.88. The number of aromatic nitrogens is 2. The van der Waals surface area contributed by atoms with Crippen LogP contribution in [0.1, 0.15) is 36.6 Å². The van der Waals surface area contributed by atoms with Gasteiger partial charge in [-0.2, -0.15) is 4.98 Å². The summed E-state index contributed by atoms with van der Waals surface area (Å²) in [5.74, 6) is 2.05. The van der Waals surface area contributed by atoms with Gasteiger partial charge < -0.3 is 10.2 Å². The third-order valence-electron chi connectivity index (χ3n) is 4.82. The molecule has 4 rings (SSSR count). The molecule has 3 aromatic rings. The molecular weight excluding hydrogens is 320 g/mol. The fourth-order valence-corrected chi connectivity index (χ4v) is 3.54. The minimum Gasteiger partial charge on any atom is -0.340 e. The highest BCUT2D eigenvalue weighted by atomic mass is 15.3. The summed E-state index contributed by atoms with van der Waals surface area (Å²) in [7, 11) is 0.